The van der Waals surface area contributed by atoms with Gasteiger partial charge in [-0.05, 0) is 43.7 Å². The molecule has 1 heterocycles. The summed E-state index contributed by atoms with van der Waals surface area (Å²) in [5, 5.41) is 2.78. The summed E-state index contributed by atoms with van der Waals surface area (Å²) in [4.78, 5) is 39.4. The van der Waals surface area contributed by atoms with Gasteiger partial charge in [-0.1, -0.05) is 30.4 Å². The van der Waals surface area contributed by atoms with Crippen LogP contribution in [0, 0.1) is 23.7 Å². The van der Waals surface area contributed by atoms with Crippen molar-refractivity contribution in [3.8, 4) is 0 Å². The molecule has 3 aliphatic carbocycles. The van der Waals surface area contributed by atoms with E-state index in [4.69, 9.17) is 0 Å². The number of allylic oxidation sites excluding steroid dienone is 2. The van der Waals surface area contributed by atoms with E-state index in [2.05, 4.69) is 17.5 Å². The average molecular weight is 324 g/mol. The Morgan fingerprint density at radius 1 is 1.04 bits per heavy atom. The molecule has 2 bridgehead atoms. The topological polar surface area (TPSA) is 66.5 Å². The molecule has 5 atom stereocenters. The van der Waals surface area contributed by atoms with Crippen LogP contribution in [-0.2, 0) is 14.4 Å². The van der Waals surface area contributed by atoms with Crippen LogP contribution in [-0.4, -0.2) is 28.7 Å². The van der Waals surface area contributed by atoms with E-state index in [9.17, 15) is 14.4 Å². The first-order valence-electron chi connectivity index (χ1n) is 8.49. The Balaban J connectivity index is 1.55. The van der Waals surface area contributed by atoms with Crippen LogP contribution in [0.1, 0.15) is 19.8 Å². The summed E-state index contributed by atoms with van der Waals surface area (Å²) in [6.45, 7) is 1.63. The SMILES string of the molecule is C[C@H](C(=O)Nc1ccccc1)N1C(=O)[C@H]2[C@H](C1=O)[C@H]1C=C[C@H]2CC1. The lowest BCUT2D eigenvalue weighted by Crippen LogP contribution is -2.46. The van der Waals surface area contributed by atoms with Crippen molar-refractivity contribution in [1.82, 2.24) is 4.90 Å². The zero-order valence-electron chi connectivity index (χ0n) is 13.5. The minimum absolute atomic E-state index is 0.144. The molecule has 5 nitrogen and oxygen atoms in total. The molecule has 0 spiro atoms. The highest BCUT2D eigenvalue weighted by Crippen LogP contribution is 2.49. The number of benzene rings is 1. The molecule has 3 amide bonds. The third-order valence-corrected chi connectivity index (χ3v) is 5.60. The van der Waals surface area contributed by atoms with Crippen LogP contribution in [0.3, 0.4) is 0 Å². The fourth-order valence-corrected chi connectivity index (χ4v) is 4.36. The molecule has 1 aromatic carbocycles. The Labute approximate surface area is 140 Å². The maximum absolute atomic E-state index is 12.8. The molecule has 2 fully saturated rings. The lowest BCUT2D eigenvalue weighted by molar-refractivity contribution is -0.146. The Kier molecular flexibility index (Phi) is 3.52. The third kappa shape index (κ3) is 2.19. The number of fused-ring (bicyclic) bond motifs is 1. The first-order valence-corrected chi connectivity index (χ1v) is 8.49. The predicted octanol–water partition coefficient (Wildman–Crippen LogP) is 2.21. The van der Waals surface area contributed by atoms with Gasteiger partial charge in [0.1, 0.15) is 6.04 Å². The van der Waals surface area contributed by atoms with Crippen LogP contribution in [0.4, 0.5) is 5.69 Å². The molecule has 1 saturated carbocycles. The summed E-state index contributed by atoms with van der Waals surface area (Å²) in [6.07, 6.45) is 6.08. The molecule has 0 radical (unpaired) electrons. The second kappa shape index (κ2) is 5.58. The number of amides is 3. The Bertz CT molecular complexity index is 695. The number of carbonyl (C=O) groups is 3. The van der Waals surface area contributed by atoms with Gasteiger partial charge in [0.25, 0.3) is 0 Å². The Hall–Kier alpha value is -2.43. The molecule has 0 aromatic heterocycles. The van der Waals surface area contributed by atoms with Gasteiger partial charge in [0.2, 0.25) is 17.7 Å². The molecule has 1 aliphatic heterocycles. The number of rotatable bonds is 3. The van der Waals surface area contributed by atoms with Gasteiger partial charge in [-0.2, -0.15) is 0 Å². The highest BCUT2D eigenvalue weighted by Gasteiger charge is 2.58. The van der Waals surface area contributed by atoms with E-state index in [1.54, 1.807) is 19.1 Å². The number of imide groups is 1. The second-order valence-electron chi connectivity index (χ2n) is 6.92. The fraction of sp³-hybridized carbons (Fsp3) is 0.421. The van der Waals surface area contributed by atoms with Gasteiger partial charge in [-0.25, -0.2) is 0 Å². The number of para-hydroxylation sites is 1. The van der Waals surface area contributed by atoms with Crippen molar-refractivity contribution in [2.24, 2.45) is 23.7 Å². The molecule has 1 saturated heterocycles. The van der Waals surface area contributed by atoms with E-state index in [1.807, 2.05) is 18.2 Å². The largest absolute Gasteiger partial charge is 0.324 e. The van der Waals surface area contributed by atoms with Crippen molar-refractivity contribution in [2.75, 3.05) is 5.32 Å². The maximum atomic E-state index is 12.8. The summed E-state index contributed by atoms with van der Waals surface area (Å²) < 4.78 is 0. The molecule has 5 heteroatoms. The van der Waals surface area contributed by atoms with E-state index >= 15 is 0 Å². The summed E-state index contributed by atoms with van der Waals surface area (Å²) in [5.74, 6) is -0.945. The monoisotopic (exact) mass is 324 g/mol. The summed E-state index contributed by atoms with van der Waals surface area (Å²) in [7, 11) is 0. The minimum atomic E-state index is -0.796. The highest BCUT2D eigenvalue weighted by molar-refractivity contribution is 6.10. The van der Waals surface area contributed by atoms with Gasteiger partial charge in [0.05, 0.1) is 11.8 Å². The number of hydrogen-bond donors (Lipinski definition) is 1. The van der Waals surface area contributed by atoms with Crippen molar-refractivity contribution in [1.29, 1.82) is 0 Å². The molecular weight excluding hydrogens is 304 g/mol. The van der Waals surface area contributed by atoms with E-state index in [1.165, 1.54) is 4.90 Å². The summed E-state index contributed by atoms with van der Waals surface area (Å²) >= 11 is 0. The van der Waals surface area contributed by atoms with E-state index in [-0.39, 0.29) is 41.4 Å². The first-order chi connectivity index (χ1) is 11.6. The van der Waals surface area contributed by atoms with Crippen LogP contribution in [0.25, 0.3) is 0 Å². The smallest absolute Gasteiger partial charge is 0.247 e. The number of carbonyl (C=O) groups excluding carboxylic acids is 3. The van der Waals surface area contributed by atoms with Crippen molar-refractivity contribution in [3.63, 3.8) is 0 Å². The number of likely N-dealkylation sites (tertiary alicyclic amines) is 1. The molecule has 24 heavy (non-hydrogen) atoms. The van der Waals surface area contributed by atoms with Crippen molar-refractivity contribution < 1.29 is 14.4 Å². The molecule has 1 aromatic rings. The highest BCUT2D eigenvalue weighted by atomic mass is 16.2. The predicted molar refractivity (Wildman–Crippen MR) is 88.7 cm³/mol. The number of hydrogen-bond acceptors (Lipinski definition) is 3. The summed E-state index contributed by atoms with van der Waals surface area (Å²) in [6, 6.07) is 8.27. The number of anilines is 1. The van der Waals surface area contributed by atoms with E-state index < -0.39 is 6.04 Å². The molecular formula is C19H20N2O3. The van der Waals surface area contributed by atoms with Gasteiger partial charge in [-0.15, -0.1) is 0 Å². The molecule has 4 aliphatic rings. The minimum Gasteiger partial charge on any atom is -0.324 e. The van der Waals surface area contributed by atoms with Gasteiger partial charge < -0.3 is 5.32 Å². The number of nitrogens with one attached hydrogen (secondary N) is 1. The number of nitrogens with zero attached hydrogens (tertiary/aromatic N) is 1. The zero-order chi connectivity index (χ0) is 16.8. The fourth-order valence-electron chi connectivity index (χ4n) is 4.36. The van der Waals surface area contributed by atoms with Gasteiger partial charge in [0, 0.05) is 5.69 Å². The molecule has 0 unspecified atom stereocenters. The lowest BCUT2D eigenvalue weighted by atomic mass is 9.63. The molecule has 124 valence electrons. The quantitative estimate of drug-likeness (QED) is 0.685. The lowest BCUT2D eigenvalue weighted by Gasteiger charge is -2.38. The van der Waals surface area contributed by atoms with Gasteiger partial charge >= 0.3 is 0 Å². The van der Waals surface area contributed by atoms with Crippen molar-refractivity contribution >= 4 is 23.4 Å². The molecule has 1 N–H and O–H groups in total. The van der Waals surface area contributed by atoms with Gasteiger partial charge in [0.15, 0.2) is 0 Å². The normalized spacial score (nSPS) is 32.0. The van der Waals surface area contributed by atoms with Crippen LogP contribution in [0.5, 0.6) is 0 Å². The van der Waals surface area contributed by atoms with Crippen LogP contribution in [0.2, 0.25) is 0 Å². The maximum Gasteiger partial charge on any atom is 0.247 e. The summed E-state index contributed by atoms with van der Waals surface area (Å²) in [5.41, 5.74) is 0.660. The zero-order valence-corrected chi connectivity index (χ0v) is 13.5. The average Bonchev–Trinajstić information content (AvgIpc) is 2.89. The standard InChI is InChI=1S/C19H20N2O3/c1-11(17(22)20-14-5-3-2-4-6-14)21-18(23)15-12-7-8-13(10-9-12)16(15)19(21)24/h2-8,11-13,15-16H,9-10H2,1H3,(H,20,22)/t11-,12+,13+,15-,16-/m1/s1. The van der Waals surface area contributed by atoms with Crippen molar-refractivity contribution in [3.05, 3.63) is 42.5 Å². The third-order valence-electron chi connectivity index (χ3n) is 5.60. The van der Waals surface area contributed by atoms with E-state index in [0.29, 0.717) is 5.69 Å². The van der Waals surface area contributed by atoms with Crippen LogP contribution >= 0.6 is 0 Å². The van der Waals surface area contributed by atoms with Crippen molar-refractivity contribution in [2.45, 2.75) is 25.8 Å². The van der Waals surface area contributed by atoms with Crippen LogP contribution < -0.4 is 5.32 Å². The Morgan fingerprint density at radius 2 is 1.58 bits per heavy atom. The Morgan fingerprint density at radius 3 is 2.08 bits per heavy atom. The van der Waals surface area contributed by atoms with Crippen LogP contribution in [0.15, 0.2) is 42.5 Å². The molecule has 5 rings (SSSR count). The van der Waals surface area contributed by atoms with E-state index in [0.717, 1.165) is 12.8 Å². The second-order valence-corrected chi connectivity index (χ2v) is 6.92. The first kappa shape index (κ1) is 15.1. The van der Waals surface area contributed by atoms with Gasteiger partial charge in [-0.3, -0.25) is 19.3 Å².